The van der Waals surface area contributed by atoms with Crippen molar-refractivity contribution in [3.8, 4) is 17.2 Å². The quantitative estimate of drug-likeness (QED) is 0.460. The van der Waals surface area contributed by atoms with Crippen molar-refractivity contribution < 1.29 is 19.0 Å². The van der Waals surface area contributed by atoms with Crippen molar-refractivity contribution >= 4 is 23.4 Å². The maximum atomic E-state index is 13.4. The molecule has 34 heavy (non-hydrogen) atoms. The van der Waals surface area contributed by atoms with E-state index in [2.05, 4.69) is 30.4 Å². The summed E-state index contributed by atoms with van der Waals surface area (Å²) in [5, 5.41) is 3.63. The fourth-order valence-corrected chi connectivity index (χ4v) is 4.47. The van der Waals surface area contributed by atoms with Gasteiger partial charge < -0.3 is 24.4 Å². The third-order valence-corrected chi connectivity index (χ3v) is 6.05. The van der Waals surface area contributed by atoms with Crippen molar-refractivity contribution in [3.05, 3.63) is 83.9 Å². The second-order valence-corrected chi connectivity index (χ2v) is 8.21. The first-order valence-corrected chi connectivity index (χ1v) is 11.3. The van der Waals surface area contributed by atoms with Gasteiger partial charge in [-0.15, -0.1) is 0 Å². The van der Waals surface area contributed by atoms with Gasteiger partial charge in [0.25, 0.3) is 5.91 Å². The molecule has 1 N–H and O–H groups in total. The van der Waals surface area contributed by atoms with Gasteiger partial charge >= 0.3 is 0 Å². The minimum Gasteiger partial charge on any atom is -0.493 e. The average Bonchev–Trinajstić information content (AvgIpc) is 2.87. The Hall–Kier alpha value is -3.93. The van der Waals surface area contributed by atoms with Crippen molar-refractivity contribution in [2.45, 2.75) is 25.4 Å². The fraction of sp³-hybridized carbons (Fsp3) is 0.250. The largest absolute Gasteiger partial charge is 0.493 e. The molecular formula is C28H30N2O4. The fourth-order valence-electron chi connectivity index (χ4n) is 4.47. The minimum atomic E-state index is -0.0770. The summed E-state index contributed by atoms with van der Waals surface area (Å²) in [6.45, 7) is 2.08. The van der Waals surface area contributed by atoms with E-state index in [1.165, 1.54) is 0 Å². The number of hydrogen-bond acceptors (Lipinski definition) is 5. The standard InChI is InChI=1S/C28H30N2O4/c1-19-16-23(29-21-10-6-5-7-11-21)22-12-8-9-13-24(22)30(19)27(31)15-14-20-17-25(32-2)28(34-4)26(18-20)33-3/h5-15,17-19,23,29H,16H2,1-4H3/b15-14+. The first kappa shape index (κ1) is 23.2. The van der Waals surface area contributed by atoms with Crippen molar-refractivity contribution in [1.29, 1.82) is 0 Å². The van der Waals surface area contributed by atoms with Crippen molar-refractivity contribution in [2.75, 3.05) is 31.5 Å². The maximum absolute atomic E-state index is 13.4. The van der Waals surface area contributed by atoms with Crippen LogP contribution in [0, 0.1) is 0 Å². The molecule has 3 aromatic carbocycles. The molecule has 4 rings (SSSR count). The van der Waals surface area contributed by atoms with Crippen LogP contribution in [-0.2, 0) is 4.79 Å². The minimum absolute atomic E-state index is 0.0215. The van der Waals surface area contributed by atoms with E-state index in [0.717, 1.165) is 28.9 Å². The van der Waals surface area contributed by atoms with Crippen LogP contribution in [0.5, 0.6) is 17.2 Å². The van der Waals surface area contributed by atoms with Gasteiger partial charge in [-0.25, -0.2) is 0 Å². The Morgan fingerprint density at radius 2 is 1.59 bits per heavy atom. The topological polar surface area (TPSA) is 60.0 Å². The smallest absolute Gasteiger partial charge is 0.251 e. The molecular weight excluding hydrogens is 428 g/mol. The number of methoxy groups -OCH3 is 3. The molecule has 1 aliphatic heterocycles. The highest BCUT2D eigenvalue weighted by Gasteiger charge is 2.32. The molecule has 0 saturated carbocycles. The number of carbonyl (C=O) groups is 1. The van der Waals surface area contributed by atoms with E-state index in [1.807, 2.05) is 53.4 Å². The van der Waals surface area contributed by atoms with E-state index in [0.29, 0.717) is 17.2 Å². The zero-order valence-electron chi connectivity index (χ0n) is 19.9. The molecule has 6 heteroatoms. The predicted molar refractivity (Wildman–Crippen MR) is 136 cm³/mol. The molecule has 0 spiro atoms. The Labute approximate surface area is 200 Å². The number of para-hydroxylation sites is 2. The summed E-state index contributed by atoms with van der Waals surface area (Å²) in [5.41, 5.74) is 3.88. The molecule has 0 bridgehead atoms. The van der Waals surface area contributed by atoms with Gasteiger partial charge in [-0.05, 0) is 60.9 Å². The van der Waals surface area contributed by atoms with Crippen molar-refractivity contribution in [3.63, 3.8) is 0 Å². The van der Waals surface area contributed by atoms with Crippen LogP contribution in [0.2, 0.25) is 0 Å². The van der Waals surface area contributed by atoms with Crippen LogP contribution in [0.4, 0.5) is 11.4 Å². The molecule has 1 aliphatic rings. The van der Waals surface area contributed by atoms with E-state index >= 15 is 0 Å². The van der Waals surface area contributed by atoms with Gasteiger partial charge in [-0.1, -0.05) is 36.4 Å². The lowest BCUT2D eigenvalue weighted by molar-refractivity contribution is -0.114. The predicted octanol–water partition coefficient (Wildman–Crippen LogP) is 5.70. The van der Waals surface area contributed by atoms with Crippen LogP contribution >= 0.6 is 0 Å². The van der Waals surface area contributed by atoms with Gasteiger partial charge in [-0.3, -0.25) is 4.79 Å². The van der Waals surface area contributed by atoms with Gasteiger partial charge in [0.05, 0.1) is 27.4 Å². The second kappa shape index (κ2) is 10.3. The third kappa shape index (κ3) is 4.71. The number of rotatable bonds is 7. The van der Waals surface area contributed by atoms with Gasteiger partial charge in [0.1, 0.15) is 0 Å². The molecule has 176 valence electrons. The van der Waals surface area contributed by atoms with Crippen molar-refractivity contribution in [2.24, 2.45) is 0 Å². The number of nitrogens with zero attached hydrogens (tertiary/aromatic N) is 1. The lowest BCUT2D eigenvalue weighted by Gasteiger charge is -2.39. The van der Waals surface area contributed by atoms with Gasteiger partial charge in [-0.2, -0.15) is 0 Å². The lowest BCUT2D eigenvalue weighted by atomic mass is 9.91. The SMILES string of the molecule is COc1cc(/C=C/C(=O)N2c3ccccc3C(Nc3ccccc3)CC2C)cc(OC)c1OC. The van der Waals surface area contributed by atoms with Crippen LogP contribution in [0.25, 0.3) is 6.08 Å². The Bertz CT molecular complexity index is 1150. The first-order chi connectivity index (χ1) is 16.5. The summed E-state index contributed by atoms with van der Waals surface area (Å²) in [5.74, 6) is 1.52. The van der Waals surface area contributed by atoms with Crippen LogP contribution < -0.4 is 24.4 Å². The van der Waals surface area contributed by atoms with E-state index in [4.69, 9.17) is 14.2 Å². The number of benzene rings is 3. The number of hydrogen-bond donors (Lipinski definition) is 1. The number of anilines is 2. The molecule has 0 fully saturated rings. The summed E-state index contributed by atoms with van der Waals surface area (Å²) in [7, 11) is 4.71. The molecule has 6 nitrogen and oxygen atoms in total. The van der Waals surface area contributed by atoms with E-state index in [9.17, 15) is 4.79 Å². The lowest BCUT2D eigenvalue weighted by Crippen LogP contribution is -2.43. The molecule has 2 unspecified atom stereocenters. The highest BCUT2D eigenvalue weighted by molar-refractivity contribution is 6.05. The summed E-state index contributed by atoms with van der Waals surface area (Å²) in [4.78, 5) is 15.2. The Kier molecular flexibility index (Phi) is 7.07. The number of ether oxygens (including phenoxy) is 3. The first-order valence-electron chi connectivity index (χ1n) is 11.3. The van der Waals surface area contributed by atoms with Crippen LogP contribution in [0.15, 0.2) is 72.8 Å². The molecule has 1 heterocycles. The van der Waals surface area contributed by atoms with Crippen LogP contribution in [-0.4, -0.2) is 33.3 Å². The summed E-state index contributed by atoms with van der Waals surface area (Å²) in [6.07, 6.45) is 4.17. The monoisotopic (exact) mass is 458 g/mol. The third-order valence-electron chi connectivity index (χ3n) is 6.05. The number of amides is 1. The highest BCUT2D eigenvalue weighted by Crippen LogP contribution is 2.40. The number of carbonyl (C=O) groups excluding carboxylic acids is 1. The van der Waals surface area contributed by atoms with Gasteiger partial charge in [0.2, 0.25) is 5.75 Å². The number of fused-ring (bicyclic) bond motifs is 1. The van der Waals surface area contributed by atoms with Gasteiger partial charge in [0.15, 0.2) is 11.5 Å². The maximum Gasteiger partial charge on any atom is 0.251 e. The zero-order chi connectivity index (χ0) is 24.1. The van der Waals surface area contributed by atoms with Crippen LogP contribution in [0.1, 0.15) is 30.5 Å². The highest BCUT2D eigenvalue weighted by atomic mass is 16.5. The molecule has 0 aromatic heterocycles. The number of nitrogens with one attached hydrogen (secondary N) is 1. The summed E-state index contributed by atoms with van der Waals surface area (Å²) in [6, 6.07) is 22.0. The normalized spacial score (nSPS) is 17.2. The molecule has 1 amide bonds. The van der Waals surface area contributed by atoms with Crippen LogP contribution in [0.3, 0.4) is 0 Å². The summed E-state index contributed by atoms with van der Waals surface area (Å²) >= 11 is 0. The van der Waals surface area contributed by atoms with Crippen molar-refractivity contribution in [1.82, 2.24) is 0 Å². The van der Waals surface area contributed by atoms with Gasteiger partial charge in [0, 0.05) is 23.5 Å². The van der Waals surface area contributed by atoms with E-state index in [-0.39, 0.29) is 18.0 Å². The molecule has 0 aliphatic carbocycles. The second-order valence-electron chi connectivity index (χ2n) is 8.21. The van der Waals surface area contributed by atoms with E-state index in [1.54, 1.807) is 33.5 Å². The Morgan fingerprint density at radius 3 is 2.24 bits per heavy atom. The Balaban J connectivity index is 1.60. The molecule has 3 aromatic rings. The summed E-state index contributed by atoms with van der Waals surface area (Å²) < 4.78 is 16.2. The molecule has 0 saturated heterocycles. The Morgan fingerprint density at radius 1 is 0.941 bits per heavy atom. The van der Waals surface area contributed by atoms with E-state index < -0.39 is 0 Å². The average molecular weight is 459 g/mol. The molecule has 0 radical (unpaired) electrons. The molecule has 2 atom stereocenters. The zero-order valence-corrected chi connectivity index (χ0v) is 19.9.